The average molecular weight is 258 g/mol. The Morgan fingerprint density at radius 2 is 2.24 bits per heavy atom. The zero-order valence-electron chi connectivity index (χ0n) is 10.8. The van der Waals surface area contributed by atoms with Gasteiger partial charge in [-0.2, -0.15) is 0 Å². The molecular weight excluding hydrogens is 236 g/mol. The summed E-state index contributed by atoms with van der Waals surface area (Å²) in [5.41, 5.74) is -0.120. The maximum Gasteiger partial charge on any atom is 0.343 e. The van der Waals surface area contributed by atoms with Crippen LogP contribution in [0.4, 0.5) is 0 Å². The highest BCUT2D eigenvalue weighted by Gasteiger charge is 2.11. The maximum atomic E-state index is 11.4. The molecule has 0 fully saturated rings. The van der Waals surface area contributed by atoms with Crippen molar-refractivity contribution in [1.82, 2.24) is 20.1 Å². The molecule has 1 unspecified atom stereocenters. The zero-order valence-corrected chi connectivity index (χ0v) is 11.6. The van der Waals surface area contributed by atoms with Crippen LogP contribution in [0.5, 0.6) is 0 Å². The summed E-state index contributed by atoms with van der Waals surface area (Å²) in [6, 6.07) is 0.493. The fraction of sp³-hybridized carbons (Fsp3) is 0.818. The number of H-pyrrole nitrogens is 1. The summed E-state index contributed by atoms with van der Waals surface area (Å²) in [6.45, 7) is 7.90. The molecule has 1 atom stereocenters. The van der Waals surface area contributed by atoms with E-state index in [1.54, 1.807) is 16.3 Å². The Morgan fingerprint density at radius 3 is 2.82 bits per heavy atom. The first kappa shape index (κ1) is 14.3. The van der Waals surface area contributed by atoms with Crippen LogP contribution in [0, 0.1) is 0 Å². The second-order valence-corrected chi connectivity index (χ2v) is 4.90. The van der Waals surface area contributed by atoms with Gasteiger partial charge in [0.25, 0.3) is 0 Å². The molecule has 0 saturated heterocycles. The predicted molar refractivity (Wildman–Crippen MR) is 71.6 cm³/mol. The smallest absolute Gasteiger partial charge is 0.313 e. The van der Waals surface area contributed by atoms with Crippen molar-refractivity contribution in [2.75, 3.05) is 12.3 Å². The Hall–Kier alpha value is -0.750. The first-order valence-electron chi connectivity index (χ1n) is 6.24. The van der Waals surface area contributed by atoms with E-state index in [1.807, 2.05) is 6.92 Å². The van der Waals surface area contributed by atoms with Crippen molar-refractivity contribution in [3.05, 3.63) is 10.5 Å². The Kier molecular flexibility index (Phi) is 6.36. The van der Waals surface area contributed by atoms with Crippen LogP contribution in [0.1, 0.15) is 33.6 Å². The largest absolute Gasteiger partial charge is 0.343 e. The van der Waals surface area contributed by atoms with E-state index in [2.05, 4.69) is 29.4 Å². The topological polar surface area (TPSA) is 62.7 Å². The molecule has 0 saturated carbocycles. The van der Waals surface area contributed by atoms with Crippen molar-refractivity contribution in [2.24, 2.45) is 0 Å². The number of thioether (sulfide) groups is 1. The monoisotopic (exact) mass is 258 g/mol. The predicted octanol–water partition coefficient (Wildman–Crippen LogP) is 1.46. The van der Waals surface area contributed by atoms with Crippen molar-refractivity contribution in [3.63, 3.8) is 0 Å². The maximum absolute atomic E-state index is 11.4. The van der Waals surface area contributed by atoms with Gasteiger partial charge >= 0.3 is 5.69 Å². The Labute approximate surface area is 106 Å². The summed E-state index contributed by atoms with van der Waals surface area (Å²) >= 11 is 1.64. The summed E-state index contributed by atoms with van der Waals surface area (Å²) < 4.78 is 1.67. The molecule has 0 aromatic carbocycles. The van der Waals surface area contributed by atoms with Gasteiger partial charge in [-0.15, -0.1) is 5.10 Å². The van der Waals surface area contributed by atoms with E-state index in [1.165, 1.54) is 6.42 Å². The highest BCUT2D eigenvalue weighted by Crippen LogP contribution is 2.16. The van der Waals surface area contributed by atoms with E-state index in [-0.39, 0.29) is 5.69 Å². The normalized spacial score (nSPS) is 12.9. The number of hydrogen-bond donors (Lipinski definition) is 2. The van der Waals surface area contributed by atoms with Crippen LogP contribution >= 0.6 is 11.8 Å². The number of nitrogens with zero attached hydrogens (tertiary/aromatic N) is 2. The Balaban J connectivity index is 2.55. The van der Waals surface area contributed by atoms with Gasteiger partial charge in [0, 0.05) is 18.3 Å². The van der Waals surface area contributed by atoms with Crippen LogP contribution in [0.15, 0.2) is 9.95 Å². The standard InChI is InChI=1S/C11H22N4OS/c1-4-7-9(12-5-2)8-17-11-14-13-10(16)15(11)6-3/h9,12H,4-8H2,1-3H3,(H,13,16). The molecule has 1 aromatic rings. The molecule has 2 N–H and O–H groups in total. The molecule has 0 aliphatic carbocycles. The van der Waals surface area contributed by atoms with Crippen LogP contribution in [0.25, 0.3) is 0 Å². The zero-order chi connectivity index (χ0) is 12.7. The van der Waals surface area contributed by atoms with E-state index in [4.69, 9.17) is 0 Å². The minimum absolute atomic E-state index is 0.120. The van der Waals surface area contributed by atoms with E-state index in [0.29, 0.717) is 12.6 Å². The Bertz CT molecular complexity index is 368. The first-order valence-corrected chi connectivity index (χ1v) is 7.22. The van der Waals surface area contributed by atoms with E-state index in [0.717, 1.165) is 23.9 Å². The van der Waals surface area contributed by atoms with Gasteiger partial charge in [0.05, 0.1) is 0 Å². The van der Waals surface area contributed by atoms with Crippen LogP contribution in [0.2, 0.25) is 0 Å². The van der Waals surface area contributed by atoms with Gasteiger partial charge in [0.1, 0.15) is 0 Å². The summed E-state index contributed by atoms with van der Waals surface area (Å²) in [5.74, 6) is 0.950. The number of rotatable bonds is 8. The molecule has 0 aliphatic heterocycles. The molecule has 0 spiro atoms. The molecule has 98 valence electrons. The molecule has 6 heteroatoms. The van der Waals surface area contributed by atoms with E-state index >= 15 is 0 Å². The van der Waals surface area contributed by atoms with Crippen molar-refractivity contribution < 1.29 is 0 Å². The minimum atomic E-state index is -0.120. The molecule has 1 rings (SSSR count). The lowest BCUT2D eigenvalue weighted by Crippen LogP contribution is -2.31. The summed E-state index contributed by atoms with van der Waals surface area (Å²) in [5, 5.41) is 10.8. The molecule has 5 nitrogen and oxygen atoms in total. The summed E-state index contributed by atoms with van der Waals surface area (Å²) in [4.78, 5) is 11.4. The van der Waals surface area contributed by atoms with Gasteiger partial charge in [-0.3, -0.25) is 4.57 Å². The van der Waals surface area contributed by atoms with Crippen molar-refractivity contribution >= 4 is 11.8 Å². The lowest BCUT2D eigenvalue weighted by molar-refractivity contribution is 0.530. The third kappa shape index (κ3) is 4.20. The van der Waals surface area contributed by atoms with E-state index < -0.39 is 0 Å². The van der Waals surface area contributed by atoms with Gasteiger partial charge < -0.3 is 5.32 Å². The van der Waals surface area contributed by atoms with Crippen molar-refractivity contribution in [2.45, 2.75) is 51.4 Å². The number of nitrogens with one attached hydrogen (secondary N) is 2. The molecule has 0 radical (unpaired) electrons. The van der Waals surface area contributed by atoms with Crippen LogP contribution in [-0.2, 0) is 6.54 Å². The number of aromatic nitrogens is 3. The van der Waals surface area contributed by atoms with Crippen LogP contribution in [-0.4, -0.2) is 33.1 Å². The van der Waals surface area contributed by atoms with Gasteiger partial charge in [-0.05, 0) is 19.9 Å². The van der Waals surface area contributed by atoms with Crippen LogP contribution in [0.3, 0.4) is 0 Å². The molecule has 0 bridgehead atoms. The number of hydrogen-bond acceptors (Lipinski definition) is 4. The Morgan fingerprint density at radius 1 is 1.47 bits per heavy atom. The van der Waals surface area contributed by atoms with Gasteiger partial charge in [0.2, 0.25) is 0 Å². The third-order valence-corrected chi connectivity index (χ3v) is 3.72. The highest BCUT2D eigenvalue weighted by atomic mass is 32.2. The average Bonchev–Trinajstić information content (AvgIpc) is 2.67. The molecule has 1 heterocycles. The fourth-order valence-electron chi connectivity index (χ4n) is 1.75. The first-order chi connectivity index (χ1) is 8.22. The third-order valence-electron chi connectivity index (χ3n) is 2.58. The van der Waals surface area contributed by atoms with Gasteiger partial charge in [0.15, 0.2) is 5.16 Å². The second-order valence-electron chi connectivity index (χ2n) is 3.91. The highest BCUT2D eigenvalue weighted by molar-refractivity contribution is 7.99. The molecule has 1 aromatic heterocycles. The van der Waals surface area contributed by atoms with E-state index in [9.17, 15) is 4.79 Å². The van der Waals surface area contributed by atoms with Crippen molar-refractivity contribution in [3.8, 4) is 0 Å². The quantitative estimate of drug-likeness (QED) is 0.693. The SMILES string of the molecule is CCCC(CSc1n[nH]c(=O)n1CC)NCC. The second kappa shape index (κ2) is 7.55. The minimum Gasteiger partial charge on any atom is -0.313 e. The van der Waals surface area contributed by atoms with Gasteiger partial charge in [-0.1, -0.05) is 32.0 Å². The van der Waals surface area contributed by atoms with Crippen molar-refractivity contribution in [1.29, 1.82) is 0 Å². The molecule has 0 amide bonds. The summed E-state index contributed by atoms with van der Waals surface area (Å²) in [6.07, 6.45) is 2.32. The van der Waals surface area contributed by atoms with Crippen LogP contribution < -0.4 is 11.0 Å². The number of aromatic amines is 1. The lowest BCUT2D eigenvalue weighted by atomic mass is 10.2. The lowest BCUT2D eigenvalue weighted by Gasteiger charge is -2.16. The molecule has 17 heavy (non-hydrogen) atoms. The molecular formula is C11H22N4OS. The summed E-state index contributed by atoms with van der Waals surface area (Å²) in [7, 11) is 0. The fourth-order valence-corrected chi connectivity index (χ4v) is 2.86. The molecule has 0 aliphatic rings. The van der Waals surface area contributed by atoms with Gasteiger partial charge in [-0.25, -0.2) is 9.89 Å².